The van der Waals surface area contributed by atoms with E-state index in [2.05, 4.69) is 10.3 Å². The van der Waals surface area contributed by atoms with Crippen LogP contribution in [0.5, 0.6) is 0 Å². The second-order valence-corrected chi connectivity index (χ2v) is 6.12. The van der Waals surface area contributed by atoms with Gasteiger partial charge < -0.3 is 10.3 Å². The summed E-state index contributed by atoms with van der Waals surface area (Å²) < 4.78 is 13.9. The van der Waals surface area contributed by atoms with Crippen molar-refractivity contribution in [2.24, 2.45) is 0 Å². The zero-order chi connectivity index (χ0) is 16.8. The summed E-state index contributed by atoms with van der Waals surface area (Å²) in [7, 11) is 0. The number of aromatic nitrogens is 1. The third kappa shape index (κ3) is 2.20. The first-order valence-corrected chi connectivity index (χ1v) is 7.83. The van der Waals surface area contributed by atoms with E-state index in [9.17, 15) is 14.0 Å². The van der Waals surface area contributed by atoms with Crippen molar-refractivity contribution in [3.8, 4) is 11.3 Å². The van der Waals surface area contributed by atoms with Gasteiger partial charge in [0.2, 0.25) is 0 Å². The smallest absolute Gasteiger partial charge is 0.252 e. The summed E-state index contributed by atoms with van der Waals surface area (Å²) >= 11 is 6.32. The minimum atomic E-state index is -0.476. The molecule has 0 atom stereocenters. The number of aromatic amines is 1. The first-order valence-electron chi connectivity index (χ1n) is 7.46. The molecular formula is C18H12ClFN2O2. The molecule has 0 unspecified atom stereocenters. The van der Waals surface area contributed by atoms with Crippen LogP contribution in [0.15, 0.2) is 30.3 Å². The Kier molecular flexibility index (Phi) is 3.39. The van der Waals surface area contributed by atoms with Crippen molar-refractivity contribution in [1.29, 1.82) is 0 Å². The first-order chi connectivity index (χ1) is 11.6. The molecule has 1 aromatic heterocycles. The Bertz CT molecular complexity index is 1010. The number of nitrogens with one attached hydrogen (secondary N) is 2. The molecule has 120 valence electrons. The average molecular weight is 343 g/mol. The molecule has 6 heteroatoms. The van der Waals surface area contributed by atoms with Gasteiger partial charge in [0.1, 0.15) is 12.1 Å². The van der Waals surface area contributed by atoms with Crippen molar-refractivity contribution in [2.75, 3.05) is 6.54 Å². The van der Waals surface area contributed by atoms with E-state index in [0.29, 0.717) is 40.2 Å². The van der Waals surface area contributed by atoms with Gasteiger partial charge in [0.25, 0.3) is 5.91 Å². The van der Waals surface area contributed by atoms with E-state index in [1.54, 1.807) is 18.2 Å². The minimum Gasteiger partial charge on any atom is -0.354 e. The second kappa shape index (κ2) is 5.46. The molecule has 24 heavy (non-hydrogen) atoms. The number of hydrogen-bond donors (Lipinski definition) is 2. The van der Waals surface area contributed by atoms with Crippen LogP contribution in [0.2, 0.25) is 5.02 Å². The molecule has 0 fully saturated rings. The Labute approximate surface area is 141 Å². The third-order valence-electron chi connectivity index (χ3n) is 4.27. The van der Waals surface area contributed by atoms with Crippen LogP contribution in [0.1, 0.15) is 26.3 Å². The Morgan fingerprint density at radius 3 is 2.75 bits per heavy atom. The average Bonchev–Trinajstić information content (AvgIpc) is 2.82. The largest absolute Gasteiger partial charge is 0.354 e. The van der Waals surface area contributed by atoms with Gasteiger partial charge in [-0.15, -0.1) is 0 Å². The van der Waals surface area contributed by atoms with Crippen molar-refractivity contribution in [1.82, 2.24) is 10.3 Å². The van der Waals surface area contributed by atoms with Crippen molar-refractivity contribution in [2.45, 2.75) is 6.42 Å². The van der Waals surface area contributed by atoms with Gasteiger partial charge in [0.15, 0.2) is 0 Å². The van der Waals surface area contributed by atoms with E-state index in [0.717, 1.165) is 22.9 Å². The molecule has 0 saturated heterocycles. The van der Waals surface area contributed by atoms with Crippen LogP contribution in [0, 0.1) is 5.82 Å². The molecule has 2 N–H and O–H groups in total. The van der Waals surface area contributed by atoms with Gasteiger partial charge >= 0.3 is 0 Å². The molecule has 1 amide bonds. The molecule has 2 heterocycles. The van der Waals surface area contributed by atoms with E-state index >= 15 is 0 Å². The number of benzene rings is 2. The summed E-state index contributed by atoms with van der Waals surface area (Å²) in [4.78, 5) is 26.3. The number of carbonyl (C=O) groups excluding carboxylic acids is 2. The minimum absolute atomic E-state index is 0.286. The highest BCUT2D eigenvalue weighted by Gasteiger charge is 2.24. The molecule has 3 aromatic rings. The Morgan fingerprint density at radius 1 is 1.17 bits per heavy atom. The number of hydrogen-bond acceptors (Lipinski definition) is 2. The summed E-state index contributed by atoms with van der Waals surface area (Å²) in [6.07, 6.45) is 1.33. The van der Waals surface area contributed by atoms with E-state index in [1.807, 2.05) is 0 Å². The molecule has 0 bridgehead atoms. The van der Waals surface area contributed by atoms with Crippen LogP contribution >= 0.6 is 11.6 Å². The molecule has 1 aliphatic heterocycles. The number of rotatable bonds is 2. The van der Waals surface area contributed by atoms with Crippen molar-refractivity contribution < 1.29 is 14.0 Å². The zero-order valence-corrected chi connectivity index (χ0v) is 13.2. The fraction of sp³-hybridized carbons (Fsp3) is 0.111. The van der Waals surface area contributed by atoms with E-state index in [4.69, 9.17) is 11.6 Å². The summed E-state index contributed by atoms with van der Waals surface area (Å²) in [5, 5.41) is 3.92. The molecule has 2 aromatic carbocycles. The lowest BCUT2D eigenvalue weighted by Crippen LogP contribution is -2.23. The van der Waals surface area contributed by atoms with Crippen LogP contribution in [0.3, 0.4) is 0 Å². The fourth-order valence-electron chi connectivity index (χ4n) is 3.23. The molecule has 4 rings (SSSR count). The lowest BCUT2D eigenvalue weighted by Gasteiger charge is -2.07. The lowest BCUT2D eigenvalue weighted by molar-refractivity contribution is 0.0956. The van der Waals surface area contributed by atoms with E-state index in [-0.39, 0.29) is 5.91 Å². The van der Waals surface area contributed by atoms with Gasteiger partial charge in [0, 0.05) is 28.6 Å². The number of H-pyrrole nitrogens is 1. The SMILES string of the molecule is O=Cc1ccc(-c2[nH]c3cc(F)cc4c3c2CCNC4=O)c(Cl)c1. The van der Waals surface area contributed by atoms with Gasteiger partial charge in [0.05, 0.1) is 16.3 Å². The topological polar surface area (TPSA) is 62.0 Å². The number of aldehydes is 1. The highest BCUT2D eigenvalue weighted by atomic mass is 35.5. The maximum atomic E-state index is 13.9. The predicted molar refractivity (Wildman–Crippen MR) is 90.1 cm³/mol. The van der Waals surface area contributed by atoms with Gasteiger partial charge in [-0.05, 0) is 30.2 Å². The highest BCUT2D eigenvalue weighted by Crippen LogP contribution is 2.37. The van der Waals surface area contributed by atoms with Gasteiger partial charge in [-0.2, -0.15) is 0 Å². The second-order valence-electron chi connectivity index (χ2n) is 5.72. The summed E-state index contributed by atoms with van der Waals surface area (Å²) in [5.74, 6) is -0.762. The van der Waals surface area contributed by atoms with Crippen molar-refractivity contribution in [3.63, 3.8) is 0 Å². The van der Waals surface area contributed by atoms with Crippen LogP contribution < -0.4 is 5.32 Å². The Morgan fingerprint density at radius 2 is 2.00 bits per heavy atom. The van der Waals surface area contributed by atoms with E-state index < -0.39 is 5.82 Å². The van der Waals surface area contributed by atoms with E-state index in [1.165, 1.54) is 12.1 Å². The molecule has 0 aliphatic carbocycles. The monoisotopic (exact) mass is 342 g/mol. The normalized spacial score (nSPS) is 13.7. The molecule has 0 saturated carbocycles. The van der Waals surface area contributed by atoms with Gasteiger partial charge in [-0.25, -0.2) is 4.39 Å². The molecular weight excluding hydrogens is 331 g/mol. The first kappa shape index (κ1) is 14.9. The maximum Gasteiger partial charge on any atom is 0.252 e. The molecule has 0 spiro atoms. The van der Waals surface area contributed by atoms with Crippen molar-refractivity contribution >= 4 is 34.7 Å². The predicted octanol–water partition coefficient (Wildman–Crippen LogP) is 3.73. The Balaban J connectivity index is 2.04. The maximum absolute atomic E-state index is 13.9. The van der Waals surface area contributed by atoms with Crippen LogP contribution in [0.4, 0.5) is 4.39 Å². The van der Waals surface area contributed by atoms with Gasteiger partial charge in [-0.1, -0.05) is 23.7 Å². The number of carbonyl (C=O) groups is 2. The van der Waals surface area contributed by atoms with Crippen LogP contribution in [0.25, 0.3) is 22.2 Å². The lowest BCUT2D eigenvalue weighted by atomic mass is 9.99. The van der Waals surface area contributed by atoms with Crippen LogP contribution in [-0.2, 0) is 6.42 Å². The number of amides is 1. The Hall–Kier alpha value is -2.66. The molecule has 0 radical (unpaired) electrons. The highest BCUT2D eigenvalue weighted by molar-refractivity contribution is 6.33. The summed E-state index contributed by atoms with van der Waals surface area (Å²) in [5.41, 5.74) is 3.74. The fourth-order valence-corrected chi connectivity index (χ4v) is 3.51. The molecule has 1 aliphatic rings. The third-order valence-corrected chi connectivity index (χ3v) is 4.58. The molecule has 4 nitrogen and oxygen atoms in total. The number of halogens is 2. The zero-order valence-electron chi connectivity index (χ0n) is 12.5. The standard InChI is InChI=1S/C18H12ClFN2O2/c19-14-5-9(8-23)1-2-11(14)17-12-3-4-21-18(24)13-6-10(20)7-15(22-17)16(12)13/h1-2,5-8,22H,3-4H2,(H,21,24). The van der Waals surface area contributed by atoms with Crippen molar-refractivity contribution in [3.05, 3.63) is 57.9 Å². The van der Waals surface area contributed by atoms with Crippen LogP contribution in [-0.4, -0.2) is 23.7 Å². The van der Waals surface area contributed by atoms with Gasteiger partial charge in [-0.3, -0.25) is 9.59 Å². The quantitative estimate of drug-likeness (QED) is 0.697. The summed E-state index contributed by atoms with van der Waals surface area (Å²) in [6, 6.07) is 7.64. The summed E-state index contributed by atoms with van der Waals surface area (Å²) in [6.45, 7) is 0.457.